The van der Waals surface area contributed by atoms with E-state index < -0.39 is 18.8 Å². The molecule has 4 heteroatoms. The summed E-state index contributed by atoms with van der Waals surface area (Å²) in [5, 5.41) is 33.7. The maximum atomic E-state index is 8.71. The van der Waals surface area contributed by atoms with Crippen molar-refractivity contribution < 1.29 is 20.4 Å². The molecule has 0 aliphatic carbocycles. The van der Waals surface area contributed by atoms with E-state index in [2.05, 4.69) is 0 Å². The summed E-state index contributed by atoms with van der Waals surface area (Å²) in [6.07, 6.45) is -1.43. The molecule has 9 heavy (non-hydrogen) atoms. The van der Waals surface area contributed by atoms with Gasteiger partial charge in [0.1, 0.15) is 6.10 Å². The third-order valence-electron chi connectivity index (χ3n) is 0.949. The van der Waals surface area contributed by atoms with Crippen molar-refractivity contribution in [1.29, 1.82) is 0 Å². The molecule has 0 aromatic heterocycles. The summed E-state index contributed by atoms with van der Waals surface area (Å²) in [7, 11) is 0. The van der Waals surface area contributed by atoms with Crippen LogP contribution in [0.4, 0.5) is 0 Å². The lowest BCUT2D eigenvalue weighted by Crippen LogP contribution is -2.22. The summed E-state index contributed by atoms with van der Waals surface area (Å²) in [6.45, 7) is -0.758. The minimum absolute atomic E-state index is 0.0619. The highest BCUT2D eigenvalue weighted by atomic mass is 16.4. The van der Waals surface area contributed by atoms with Crippen LogP contribution in [0.15, 0.2) is 0 Å². The number of hydrogen-bond acceptors (Lipinski definition) is 4. The Labute approximate surface area is 53.4 Å². The molecule has 0 aromatic carbocycles. The first-order chi connectivity index (χ1) is 4.22. The van der Waals surface area contributed by atoms with Crippen LogP contribution >= 0.6 is 0 Å². The molecule has 0 spiro atoms. The Balaban J connectivity index is 3.32. The van der Waals surface area contributed by atoms with Gasteiger partial charge in [-0.15, -0.1) is 0 Å². The number of aliphatic hydroxyl groups excluding tert-OH is 4. The number of rotatable bonds is 4. The molecular weight excluding hydrogens is 124 g/mol. The van der Waals surface area contributed by atoms with Crippen molar-refractivity contribution in [2.24, 2.45) is 0 Å². The molecule has 1 unspecified atom stereocenters. The van der Waals surface area contributed by atoms with Gasteiger partial charge >= 0.3 is 0 Å². The summed E-state index contributed by atoms with van der Waals surface area (Å²) < 4.78 is 0. The SMILES string of the molecule is OCCC(O)[C](O)CO. The lowest BCUT2D eigenvalue weighted by Gasteiger charge is -2.11. The van der Waals surface area contributed by atoms with Gasteiger partial charge in [0.05, 0.1) is 12.7 Å². The minimum Gasteiger partial charge on any atom is -0.396 e. The molecule has 0 saturated carbocycles. The molecule has 0 amide bonds. The first-order valence-corrected chi connectivity index (χ1v) is 2.66. The third-order valence-corrected chi connectivity index (χ3v) is 0.949. The van der Waals surface area contributed by atoms with Crippen molar-refractivity contribution in [2.45, 2.75) is 12.5 Å². The Morgan fingerprint density at radius 3 is 2.22 bits per heavy atom. The van der Waals surface area contributed by atoms with Gasteiger partial charge in [-0.1, -0.05) is 0 Å². The predicted octanol–water partition coefficient (Wildman–Crippen LogP) is -1.37. The van der Waals surface area contributed by atoms with E-state index in [-0.39, 0.29) is 13.0 Å². The van der Waals surface area contributed by atoms with Gasteiger partial charge in [-0.3, -0.25) is 0 Å². The smallest absolute Gasteiger partial charge is 0.147 e. The highest BCUT2D eigenvalue weighted by molar-refractivity contribution is 4.83. The molecule has 0 aromatic rings. The van der Waals surface area contributed by atoms with E-state index >= 15 is 0 Å². The van der Waals surface area contributed by atoms with Crippen LogP contribution in [0.2, 0.25) is 0 Å². The van der Waals surface area contributed by atoms with Gasteiger partial charge in [0.15, 0.2) is 0 Å². The van der Waals surface area contributed by atoms with Crippen LogP contribution in [0, 0.1) is 6.10 Å². The zero-order chi connectivity index (χ0) is 7.28. The lowest BCUT2D eigenvalue weighted by molar-refractivity contribution is 0.0469. The van der Waals surface area contributed by atoms with Crippen molar-refractivity contribution >= 4 is 0 Å². The molecule has 0 aliphatic heterocycles. The second-order valence-corrected chi connectivity index (χ2v) is 1.68. The van der Waals surface area contributed by atoms with Crippen LogP contribution in [-0.2, 0) is 0 Å². The first-order valence-electron chi connectivity index (χ1n) is 2.66. The fraction of sp³-hybridized carbons (Fsp3) is 0.800. The Bertz CT molecular complexity index is 66.0. The average molecular weight is 135 g/mol. The standard InChI is InChI=1S/C5H11O4/c6-2-1-4(8)5(9)3-7/h4,6-9H,1-3H2. The molecule has 1 atom stereocenters. The van der Waals surface area contributed by atoms with Crippen molar-refractivity contribution in [1.82, 2.24) is 0 Å². The van der Waals surface area contributed by atoms with Gasteiger partial charge in [-0.25, -0.2) is 0 Å². The van der Waals surface area contributed by atoms with Crippen molar-refractivity contribution in [3.8, 4) is 0 Å². The average Bonchev–Trinajstić information content (AvgIpc) is 1.87. The van der Waals surface area contributed by atoms with E-state index in [4.69, 9.17) is 20.4 Å². The Hall–Kier alpha value is -0.160. The van der Waals surface area contributed by atoms with Crippen LogP contribution in [0.5, 0.6) is 0 Å². The number of aliphatic hydroxyl groups is 4. The van der Waals surface area contributed by atoms with E-state index in [1.54, 1.807) is 0 Å². The van der Waals surface area contributed by atoms with Gasteiger partial charge in [0.2, 0.25) is 0 Å². The molecule has 0 aliphatic rings. The minimum atomic E-state index is -1.10. The van der Waals surface area contributed by atoms with Crippen molar-refractivity contribution in [3.63, 3.8) is 0 Å². The third kappa shape index (κ3) is 3.42. The largest absolute Gasteiger partial charge is 0.396 e. The monoisotopic (exact) mass is 135 g/mol. The van der Waals surface area contributed by atoms with E-state index in [1.807, 2.05) is 0 Å². The van der Waals surface area contributed by atoms with Gasteiger partial charge in [-0.2, -0.15) is 0 Å². The van der Waals surface area contributed by atoms with Gasteiger partial charge in [-0.05, 0) is 6.42 Å². The normalized spacial score (nSPS) is 14.3. The molecule has 0 rings (SSSR count). The van der Waals surface area contributed by atoms with Crippen LogP contribution in [0.1, 0.15) is 6.42 Å². The van der Waals surface area contributed by atoms with Gasteiger partial charge in [0, 0.05) is 6.61 Å². The summed E-state index contributed by atoms with van der Waals surface area (Å²) in [5.74, 6) is 0. The van der Waals surface area contributed by atoms with E-state index in [0.717, 1.165) is 0 Å². The molecule has 4 N–H and O–H groups in total. The quantitative estimate of drug-likeness (QED) is 0.383. The highest BCUT2D eigenvalue weighted by Crippen LogP contribution is 2.03. The van der Waals surface area contributed by atoms with Gasteiger partial charge < -0.3 is 20.4 Å². The van der Waals surface area contributed by atoms with Crippen molar-refractivity contribution in [3.05, 3.63) is 6.10 Å². The summed E-state index contributed by atoms with van der Waals surface area (Å²) >= 11 is 0. The molecule has 0 heterocycles. The summed E-state index contributed by atoms with van der Waals surface area (Å²) in [5.41, 5.74) is 0. The van der Waals surface area contributed by atoms with Crippen LogP contribution in [-0.4, -0.2) is 39.7 Å². The molecule has 0 bridgehead atoms. The van der Waals surface area contributed by atoms with Crippen LogP contribution in [0.25, 0.3) is 0 Å². The maximum Gasteiger partial charge on any atom is 0.147 e. The summed E-state index contributed by atoms with van der Waals surface area (Å²) in [6, 6.07) is 0. The molecule has 4 nitrogen and oxygen atoms in total. The second-order valence-electron chi connectivity index (χ2n) is 1.68. The summed E-state index contributed by atoms with van der Waals surface area (Å²) in [4.78, 5) is 0. The zero-order valence-electron chi connectivity index (χ0n) is 4.99. The lowest BCUT2D eigenvalue weighted by atomic mass is 10.1. The maximum absolute atomic E-state index is 8.71. The molecule has 1 radical (unpaired) electrons. The number of hydrogen-bond donors (Lipinski definition) is 4. The van der Waals surface area contributed by atoms with Crippen LogP contribution < -0.4 is 0 Å². The Kier molecular flexibility index (Phi) is 4.61. The molecule has 0 fully saturated rings. The topological polar surface area (TPSA) is 80.9 Å². The predicted molar refractivity (Wildman–Crippen MR) is 30.0 cm³/mol. The van der Waals surface area contributed by atoms with Gasteiger partial charge in [0.25, 0.3) is 0 Å². The fourth-order valence-electron chi connectivity index (χ4n) is 0.394. The highest BCUT2D eigenvalue weighted by Gasteiger charge is 2.14. The Morgan fingerprint density at radius 2 is 1.89 bits per heavy atom. The van der Waals surface area contributed by atoms with E-state index in [9.17, 15) is 0 Å². The van der Waals surface area contributed by atoms with Crippen molar-refractivity contribution in [2.75, 3.05) is 13.2 Å². The van der Waals surface area contributed by atoms with Crippen LogP contribution in [0.3, 0.4) is 0 Å². The van der Waals surface area contributed by atoms with E-state index in [0.29, 0.717) is 0 Å². The molecule has 55 valence electrons. The molecule has 0 saturated heterocycles. The zero-order valence-corrected chi connectivity index (χ0v) is 4.99. The van der Waals surface area contributed by atoms with E-state index in [1.165, 1.54) is 0 Å². The Morgan fingerprint density at radius 1 is 1.33 bits per heavy atom. The molecular formula is C5H11O4. The second kappa shape index (κ2) is 4.69. The fourth-order valence-corrected chi connectivity index (χ4v) is 0.394. The first kappa shape index (κ1) is 8.84.